The molecule has 33 heavy (non-hydrogen) atoms. The molecule has 1 saturated heterocycles. The average Bonchev–Trinajstić information content (AvgIpc) is 3.34. The van der Waals surface area contributed by atoms with Crippen molar-refractivity contribution >= 4 is 40.6 Å². The number of carbonyl (C=O) groups is 2. The molecule has 3 heterocycles. The predicted molar refractivity (Wildman–Crippen MR) is 131 cm³/mol. The van der Waals surface area contributed by atoms with Gasteiger partial charge in [-0.3, -0.25) is 14.4 Å². The molecule has 162 valence electrons. The summed E-state index contributed by atoms with van der Waals surface area (Å²) in [5.41, 5.74) is 3.69. The summed E-state index contributed by atoms with van der Waals surface area (Å²) in [7, 11) is 0. The molecule has 7 heteroatoms. The zero-order chi connectivity index (χ0) is 22.5. The molecule has 0 aliphatic carbocycles. The van der Waals surface area contributed by atoms with Gasteiger partial charge in [0.25, 0.3) is 0 Å². The number of carbonyl (C=O) groups excluding carboxylic acids is 2. The molecule has 1 fully saturated rings. The quantitative estimate of drug-likeness (QED) is 0.433. The number of aromatic amines is 1. The highest BCUT2D eigenvalue weighted by molar-refractivity contribution is 8.00. The van der Waals surface area contributed by atoms with Crippen LogP contribution >= 0.6 is 23.1 Å². The summed E-state index contributed by atoms with van der Waals surface area (Å²) in [4.78, 5) is 44.1. The van der Waals surface area contributed by atoms with Crippen LogP contribution in [0.4, 0.5) is 5.69 Å². The molecule has 0 saturated carbocycles. The molecule has 3 aromatic carbocycles. The molecular formula is C26H18N2O3S2. The molecule has 1 N–H and O–H groups in total. The lowest BCUT2D eigenvalue weighted by molar-refractivity contribution is -0.122. The molecule has 3 unspecified atom stereocenters. The van der Waals surface area contributed by atoms with Crippen LogP contribution in [0, 0.1) is 5.92 Å². The van der Waals surface area contributed by atoms with Crippen molar-refractivity contribution in [2.45, 2.75) is 16.2 Å². The lowest BCUT2D eigenvalue weighted by Crippen LogP contribution is -2.32. The van der Waals surface area contributed by atoms with E-state index in [1.165, 1.54) is 16.7 Å². The van der Waals surface area contributed by atoms with E-state index in [2.05, 4.69) is 17.1 Å². The first kappa shape index (κ1) is 20.2. The Morgan fingerprint density at radius 3 is 2.06 bits per heavy atom. The van der Waals surface area contributed by atoms with Crippen LogP contribution in [0.3, 0.4) is 0 Å². The summed E-state index contributed by atoms with van der Waals surface area (Å²) in [6, 6.07) is 27.2. The summed E-state index contributed by atoms with van der Waals surface area (Å²) in [5, 5.41) is 0.119. The lowest BCUT2D eigenvalue weighted by Gasteiger charge is -2.29. The largest absolute Gasteiger partial charge is 0.307 e. The number of nitrogens with one attached hydrogen (secondary N) is 1. The zero-order valence-electron chi connectivity index (χ0n) is 17.3. The highest BCUT2D eigenvalue weighted by Crippen LogP contribution is 2.53. The maximum Gasteiger partial charge on any atom is 0.305 e. The number of fused-ring (bicyclic) bond motifs is 2. The molecule has 2 aliphatic rings. The van der Waals surface area contributed by atoms with Gasteiger partial charge in [0, 0.05) is 10.8 Å². The average molecular weight is 471 g/mol. The van der Waals surface area contributed by atoms with E-state index < -0.39 is 11.2 Å². The van der Waals surface area contributed by atoms with Gasteiger partial charge in [-0.1, -0.05) is 95.9 Å². The number of H-pyrrole nitrogens is 1. The summed E-state index contributed by atoms with van der Waals surface area (Å²) >= 11 is 2.43. The van der Waals surface area contributed by atoms with Gasteiger partial charge in [-0.25, -0.2) is 4.90 Å². The standard InChI is InChI=1S/C26H18N2O3S2/c29-24-20-19(17-13-11-16(12-14-17)15-7-3-1-4-8-15)21-23(27-26(31)33-21)32-22(20)25(30)28(24)18-9-5-2-6-10-18/h1-14,19-20,22H,(H,27,31). The SMILES string of the molecule is O=C1C2Sc3[nH]c(=O)sc3C(c3ccc(-c4ccccc4)cc3)C2C(=O)N1c1ccccc1. The fourth-order valence-electron chi connectivity index (χ4n) is 4.72. The molecule has 0 radical (unpaired) electrons. The molecule has 0 spiro atoms. The molecule has 1 aromatic heterocycles. The second-order valence-corrected chi connectivity index (χ2v) is 10.3. The summed E-state index contributed by atoms with van der Waals surface area (Å²) < 4.78 is 0. The van der Waals surface area contributed by atoms with E-state index in [1.54, 1.807) is 12.1 Å². The molecule has 4 aromatic rings. The second kappa shape index (κ2) is 7.86. The molecule has 0 bridgehead atoms. The molecule has 6 rings (SSSR count). The molecule has 2 amide bonds. The topological polar surface area (TPSA) is 70.2 Å². The van der Waals surface area contributed by atoms with Crippen LogP contribution < -0.4 is 9.77 Å². The number of thiazole rings is 1. The Kier molecular flexibility index (Phi) is 4.81. The van der Waals surface area contributed by atoms with Gasteiger partial charge in [-0.05, 0) is 28.8 Å². The predicted octanol–water partition coefficient (Wildman–Crippen LogP) is 4.90. The van der Waals surface area contributed by atoms with Crippen LogP contribution in [-0.2, 0) is 9.59 Å². The lowest BCUT2D eigenvalue weighted by atomic mass is 9.82. The van der Waals surface area contributed by atoms with Gasteiger partial charge < -0.3 is 4.98 Å². The minimum atomic E-state index is -0.575. The Balaban J connectivity index is 1.45. The van der Waals surface area contributed by atoms with Gasteiger partial charge in [-0.2, -0.15) is 0 Å². The highest BCUT2D eigenvalue weighted by Gasteiger charge is 2.56. The Morgan fingerprint density at radius 2 is 1.36 bits per heavy atom. The zero-order valence-corrected chi connectivity index (χ0v) is 18.9. The number of imide groups is 1. The van der Waals surface area contributed by atoms with Gasteiger partial charge in [0.2, 0.25) is 11.8 Å². The van der Waals surface area contributed by atoms with Crippen molar-refractivity contribution in [1.82, 2.24) is 4.98 Å². The van der Waals surface area contributed by atoms with Crippen LogP contribution in [0.2, 0.25) is 0 Å². The van der Waals surface area contributed by atoms with Gasteiger partial charge in [-0.15, -0.1) is 0 Å². The van der Waals surface area contributed by atoms with E-state index in [1.807, 2.05) is 60.7 Å². The number of benzene rings is 3. The smallest absolute Gasteiger partial charge is 0.305 e. The van der Waals surface area contributed by atoms with E-state index in [0.717, 1.165) is 32.9 Å². The van der Waals surface area contributed by atoms with E-state index in [4.69, 9.17) is 0 Å². The van der Waals surface area contributed by atoms with E-state index >= 15 is 0 Å². The first-order valence-corrected chi connectivity index (χ1v) is 12.3. The second-order valence-electron chi connectivity index (χ2n) is 8.09. The van der Waals surface area contributed by atoms with Crippen molar-refractivity contribution in [1.29, 1.82) is 0 Å². The van der Waals surface area contributed by atoms with Crippen LogP contribution in [-0.4, -0.2) is 22.0 Å². The van der Waals surface area contributed by atoms with Crippen LogP contribution in [0.25, 0.3) is 11.1 Å². The van der Waals surface area contributed by atoms with Gasteiger partial charge in [0.15, 0.2) is 0 Å². The monoisotopic (exact) mass is 470 g/mol. The molecular weight excluding hydrogens is 452 g/mol. The first-order valence-electron chi connectivity index (χ1n) is 10.6. The minimum Gasteiger partial charge on any atom is -0.307 e. The van der Waals surface area contributed by atoms with Gasteiger partial charge in [0.05, 0.1) is 16.6 Å². The minimum absolute atomic E-state index is 0.168. The maximum absolute atomic E-state index is 13.6. The van der Waals surface area contributed by atoms with Crippen LogP contribution in [0.1, 0.15) is 16.4 Å². The number of aromatic nitrogens is 1. The fraction of sp³-hybridized carbons (Fsp3) is 0.115. The Morgan fingerprint density at radius 1 is 0.727 bits per heavy atom. The summed E-state index contributed by atoms with van der Waals surface area (Å²) in [6.07, 6.45) is 0. The third kappa shape index (κ3) is 3.27. The van der Waals surface area contributed by atoms with Crippen molar-refractivity contribution < 1.29 is 9.59 Å². The van der Waals surface area contributed by atoms with E-state index in [0.29, 0.717) is 10.7 Å². The molecule has 3 atom stereocenters. The third-order valence-corrected chi connectivity index (χ3v) is 8.62. The van der Waals surface area contributed by atoms with Crippen molar-refractivity contribution in [3.05, 3.63) is 105 Å². The number of nitrogens with zero attached hydrogens (tertiary/aromatic N) is 1. The highest BCUT2D eigenvalue weighted by atomic mass is 32.2. The number of thioether (sulfide) groups is 1. The van der Waals surface area contributed by atoms with E-state index in [9.17, 15) is 14.4 Å². The number of hydrogen-bond donors (Lipinski definition) is 1. The number of hydrogen-bond acceptors (Lipinski definition) is 5. The maximum atomic E-state index is 13.6. The first-order chi connectivity index (χ1) is 16.1. The Labute approximate surface area is 198 Å². The van der Waals surface area contributed by atoms with Gasteiger partial charge >= 0.3 is 4.87 Å². The van der Waals surface area contributed by atoms with E-state index in [-0.39, 0.29) is 22.6 Å². The number of amides is 2. The fourth-order valence-corrected chi connectivity index (χ4v) is 7.24. The Hall–Kier alpha value is -3.42. The molecule has 2 aliphatic heterocycles. The van der Waals surface area contributed by atoms with Crippen molar-refractivity contribution in [3.8, 4) is 11.1 Å². The Bertz CT molecular complexity index is 1410. The summed E-state index contributed by atoms with van der Waals surface area (Å²) in [5.74, 6) is -1.37. The normalized spacial score (nSPS) is 21.7. The number of rotatable bonds is 3. The molecule has 5 nitrogen and oxygen atoms in total. The third-order valence-electron chi connectivity index (χ3n) is 6.22. The van der Waals surface area contributed by atoms with Crippen molar-refractivity contribution in [2.24, 2.45) is 5.92 Å². The van der Waals surface area contributed by atoms with Crippen LogP contribution in [0.5, 0.6) is 0 Å². The van der Waals surface area contributed by atoms with Gasteiger partial charge in [0.1, 0.15) is 5.25 Å². The van der Waals surface area contributed by atoms with Crippen molar-refractivity contribution in [3.63, 3.8) is 0 Å². The van der Waals surface area contributed by atoms with Crippen LogP contribution in [0.15, 0.2) is 94.7 Å². The number of anilines is 1. The van der Waals surface area contributed by atoms with Crippen molar-refractivity contribution in [2.75, 3.05) is 4.90 Å². The summed E-state index contributed by atoms with van der Waals surface area (Å²) in [6.45, 7) is 0. The number of para-hydroxylation sites is 1.